The molecule has 1 aliphatic rings. The molecule has 6 heteroatoms. The SMILES string of the molecule is COC1(c2cc(F)cc(OCc3ccc4nc(Cl)ccc4c3)c2)CCOCC1. The van der Waals surface area contributed by atoms with Crippen LogP contribution in [0.5, 0.6) is 5.75 Å². The van der Waals surface area contributed by atoms with Gasteiger partial charge in [-0.1, -0.05) is 17.7 Å². The summed E-state index contributed by atoms with van der Waals surface area (Å²) in [7, 11) is 1.66. The number of hydrogen-bond donors (Lipinski definition) is 0. The number of benzene rings is 2. The topological polar surface area (TPSA) is 40.6 Å². The second kappa shape index (κ2) is 8.03. The van der Waals surface area contributed by atoms with E-state index in [1.54, 1.807) is 13.2 Å². The normalized spacial score (nSPS) is 16.2. The van der Waals surface area contributed by atoms with Crippen LogP contribution in [0, 0.1) is 5.82 Å². The fraction of sp³-hybridized carbons (Fsp3) is 0.318. The summed E-state index contributed by atoms with van der Waals surface area (Å²) < 4.78 is 31.4. The first-order valence-corrected chi connectivity index (χ1v) is 9.58. The minimum absolute atomic E-state index is 0.324. The molecule has 4 nitrogen and oxygen atoms in total. The molecule has 3 aromatic rings. The van der Waals surface area contributed by atoms with E-state index in [4.69, 9.17) is 25.8 Å². The molecule has 1 saturated heterocycles. The molecule has 0 aliphatic carbocycles. The molecule has 2 aromatic carbocycles. The molecule has 1 fully saturated rings. The van der Waals surface area contributed by atoms with Crippen molar-refractivity contribution in [3.8, 4) is 5.75 Å². The number of halogens is 2. The van der Waals surface area contributed by atoms with Crippen molar-refractivity contribution < 1.29 is 18.6 Å². The van der Waals surface area contributed by atoms with Crippen molar-refractivity contribution in [2.45, 2.75) is 25.0 Å². The first-order valence-electron chi connectivity index (χ1n) is 9.20. The zero-order valence-electron chi connectivity index (χ0n) is 15.6. The molecule has 0 bridgehead atoms. The minimum Gasteiger partial charge on any atom is -0.489 e. The fourth-order valence-corrected chi connectivity index (χ4v) is 3.78. The molecule has 0 amide bonds. The van der Waals surface area contributed by atoms with Crippen LogP contribution in [0.15, 0.2) is 48.5 Å². The average molecular weight is 402 g/mol. The molecule has 4 rings (SSSR count). The summed E-state index contributed by atoms with van der Waals surface area (Å²) in [5.41, 5.74) is 2.04. The average Bonchev–Trinajstić information content (AvgIpc) is 2.72. The molecule has 1 aliphatic heterocycles. The van der Waals surface area contributed by atoms with Crippen LogP contribution in [0.3, 0.4) is 0 Å². The lowest BCUT2D eigenvalue weighted by Gasteiger charge is -2.36. The highest BCUT2D eigenvalue weighted by molar-refractivity contribution is 6.29. The molecule has 146 valence electrons. The predicted molar refractivity (Wildman–Crippen MR) is 106 cm³/mol. The number of nitrogens with zero attached hydrogens (tertiary/aromatic N) is 1. The van der Waals surface area contributed by atoms with Crippen molar-refractivity contribution >= 4 is 22.5 Å². The van der Waals surface area contributed by atoms with Crippen molar-refractivity contribution in [2.24, 2.45) is 0 Å². The van der Waals surface area contributed by atoms with E-state index in [1.807, 2.05) is 30.3 Å². The van der Waals surface area contributed by atoms with E-state index < -0.39 is 5.60 Å². The van der Waals surface area contributed by atoms with Crippen LogP contribution in [0.2, 0.25) is 5.15 Å². The molecular formula is C22H21ClFNO3. The summed E-state index contributed by atoms with van der Waals surface area (Å²) in [6.07, 6.45) is 1.37. The molecule has 28 heavy (non-hydrogen) atoms. The molecule has 1 aromatic heterocycles. The van der Waals surface area contributed by atoms with Gasteiger partial charge in [0.2, 0.25) is 0 Å². The summed E-state index contributed by atoms with van der Waals surface area (Å²) >= 11 is 5.93. The lowest BCUT2D eigenvalue weighted by Crippen LogP contribution is -2.35. The Kier molecular flexibility index (Phi) is 5.49. The van der Waals surface area contributed by atoms with Gasteiger partial charge in [-0.25, -0.2) is 9.37 Å². The Morgan fingerprint density at radius 3 is 2.71 bits per heavy atom. The fourth-order valence-electron chi connectivity index (χ4n) is 3.63. The lowest BCUT2D eigenvalue weighted by atomic mass is 9.86. The summed E-state index contributed by atoms with van der Waals surface area (Å²) in [6.45, 7) is 1.51. The second-order valence-corrected chi connectivity index (χ2v) is 7.32. The lowest BCUT2D eigenvalue weighted by molar-refractivity contribution is -0.0950. The Hall–Kier alpha value is -2.21. The van der Waals surface area contributed by atoms with E-state index in [0.717, 1.165) is 22.0 Å². The first kappa shape index (κ1) is 19.1. The van der Waals surface area contributed by atoms with Gasteiger partial charge in [-0.2, -0.15) is 0 Å². The van der Waals surface area contributed by atoms with E-state index in [9.17, 15) is 4.39 Å². The largest absolute Gasteiger partial charge is 0.489 e. The Morgan fingerprint density at radius 1 is 1.11 bits per heavy atom. The third kappa shape index (κ3) is 3.97. The van der Waals surface area contributed by atoms with Crippen molar-refractivity contribution in [3.05, 3.63) is 70.6 Å². The summed E-state index contributed by atoms with van der Waals surface area (Å²) in [5, 5.41) is 1.44. The van der Waals surface area contributed by atoms with Crippen molar-refractivity contribution in [1.82, 2.24) is 4.98 Å². The minimum atomic E-state index is -0.535. The molecule has 2 heterocycles. The van der Waals surface area contributed by atoms with Gasteiger partial charge in [0.15, 0.2) is 0 Å². The molecule has 0 radical (unpaired) electrons. The molecular weight excluding hydrogens is 381 g/mol. The van der Waals surface area contributed by atoms with Crippen LogP contribution in [0.1, 0.15) is 24.0 Å². The molecule has 0 unspecified atom stereocenters. The Labute approximate surface area is 168 Å². The molecule has 0 spiro atoms. The highest BCUT2D eigenvalue weighted by Gasteiger charge is 2.35. The van der Waals surface area contributed by atoms with Gasteiger partial charge < -0.3 is 14.2 Å². The maximum atomic E-state index is 14.3. The maximum absolute atomic E-state index is 14.3. The van der Waals surface area contributed by atoms with Crippen molar-refractivity contribution in [2.75, 3.05) is 20.3 Å². The van der Waals surface area contributed by atoms with Gasteiger partial charge >= 0.3 is 0 Å². The number of rotatable bonds is 5. The van der Waals surface area contributed by atoms with Gasteiger partial charge in [-0.15, -0.1) is 0 Å². The Balaban J connectivity index is 1.55. The van der Waals surface area contributed by atoms with Gasteiger partial charge in [0, 0.05) is 44.6 Å². The monoisotopic (exact) mass is 401 g/mol. The number of ether oxygens (including phenoxy) is 3. The smallest absolute Gasteiger partial charge is 0.129 e. The summed E-state index contributed by atoms with van der Waals surface area (Å²) in [5.74, 6) is 0.139. The first-order chi connectivity index (χ1) is 13.6. The molecule has 0 atom stereocenters. The Morgan fingerprint density at radius 2 is 1.93 bits per heavy atom. The van der Waals surface area contributed by atoms with Gasteiger partial charge in [0.05, 0.1) is 11.1 Å². The van der Waals surface area contributed by atoms with Crippen LogP contribution < -0.4 is 4.74 Å². The van der Waals surface area contributed by atoms with Crippen LogP contribution in [0.25, 0.3) is 10.9 Å². The quantitative estimate of drug-likeness (QED) is 0.547. The van der Waals surface area contributed by atoms with Crippen molar-refractivity contribution in [1.29, 1.82) is 0 Å². The van der Waals surface area contributed by atoms with E-state index >= 15 is 0 Å². The van der Waals surface area contributed by atoms with Crippen LogP contribution in [-0.2, 0) is 21.7 Å². The molecule has 0 saturated carbocycles. The van der Waals surface area contributed by atoms with Crippen LogP contribution in [0.4, 0.5) is 4.39 Å². The zero-order valence-corrected chi connectivity index (χ0v) is 16.3. The van der Waals surface area contributed by atoms with Crippen LogP contribution in [-0.4, -0.2) is 25.3 Å². The van der Waals surface area contributed by atoms with E-state index in [0.29, 0.717) is 43.6 Å². The standard InChI is InChI=1S/C22H21ClFNO3/c1-26-22(6-8-27-9-7-22)17-11-18(24)13-19(12-17)28-14-15-2-4-20-16(10-15)3-5-21(23)25-20/h2-5,10-13H,6-9,14H2,1H3. The van der Waals surface area contributed by atoms with Gasteiger partial charge in [-0.05, 0) is 47.5 Å². The second-order valence-electron chi connectivity index (χ2n) is 6.94. The van der Waals surface area contributed by atoms with E-state index in [2.05, 4.69) is 4.98 Å². The van der Waals surface area contributed by atoms with Gasteiger partial charge in [0.25, 0.3) is 0 Å². The summed E-state index contributed by atoms with van der Waals surface area (Å²) in [4.78, 5) is 4.28. The number of aromatic nitrogens is 1. The van der Waals surface area contributed by atoms with Gasteiger partial charge in [-0.3, -0.25) is 0 Å². The van der Waals surface area contributed by atoms with E-state index in [1.165, 1.54) is 12.1 Å². The third-order valence-electron chi connectivity index (χ3n) is 5.21. The van der Waals surface area contributed by atoms with Crippen LogP contribution >= 0.6 is 11.6 Å². The highest BCUT2D eigenvalue weighted by atomic mass is 35.5. The maximum Gasteiger partial charge on any atom is 0.129 e. The van der Waals surface area contributed by atoms with Crippen molar-refractivity contribution in [3.63, 3.8) is 0 Å². The third-order valence-corrected chi connectivity index (χ3v) is 5.42. The number of methoxy groups -OCH3 is 1. The highest BCUT2D eigenvalue weighted by Crippen LogP contribution is 2.37. The number of fused-ring (bicyclic) bond motifs is 1. The Bertz CT molecular complexity index is 989. The number of pyridine rings is 1. The zero-order chi connectivity index (χ0) is 19.6. The van der Waals surface area contributed by atoms with E-state index in [-0.39, 0.29) is 5.82 Å². The summed E-state index contributed by atoms with van der Waals surface area (Å²) in [6, 6.07) is 14.3. The van der Waals surface area contributed by atoms with Gasteiger partial charge in [0.1, 0.15) is 23.3 Å². The number of hydrogen-bond acceptors (Lipinski definition) is 4. The molecule has 0 N–H and O–H groups in total. The predicted octanol–water partition coefficient (Wildman–Crippen LogP) is 5.26.